The zero-order chi connectivity index (χ0) is 13.4. The number of anilines is 1. The largest absolute Gasteiger partial charge is 0.378 e. The van der Waals surface area contributed by atoms with Gasteiger partial charge in [-0.25, -0.2) is 0 Å². The Morgan fingerprint density at radius 1 is 1.17 bits per heavy atom. The van der Waals surface area contributed by atoms with Crippen molar-refractivity contribution < 1.29 is 4.79 Å². The Labute approximate surface area is 110 Å². The summed E-state index contributed by atoms with van der Waals surface area (Å²) >= 11 is 0. The first-order valence-corrected chi connectivity index (χ1v) is 6.60. The van der Waals surface area contributed by atoms with Crippen LogP contribution < -0.4 is 4.90 Å². The van der Waals surface area contributed by atoms with Crippen molar-refractivity contribution in [3.8, 4) is 0 Å². The summed E-state index contributed by atoms with van der Waals surface area (Å²) in [5.74, 6) is 0. The summed E-state index contributed by atoms with van der Waals surface area (Å²) < 4.78 is 0. The van der Waals surface area contributed by atoms with Crippen molar-refractivity contribution in [1.82, 2.24) is 0 Å². The van der Waals surface area contributed by atoms with Crippen LogP contribution in [0.25, 0.3) is 6.08 Å². The predicted molar refractivity (Wildman–Crippen MR) is 79.0 cm³/mol. The molecule has 0 spiro atoms. The third-order valence-electron chi connectivity index (χ3n) is 2.98. The first-order valence-electron chi connectivity index (χ1n) is 6.60. The molecule has 2 nitrogen and oxygen atoms in total. The lowest BCUT2D eigenvalue weighted by atomic mass is 10.1. The Hall–Kier alpha value is -1.57. The Morgan fingerprint density at radius 2 is 1.83 bits per heavy atom. The molecule has 18 heavy (non-hydrogen) atoms. The van der Waals surface area contributed by atoms with Crippen molar-refractivity contribution in [1.29, 1.82) is 0 Å². The molecule has 0 unspecified atom stereocenters. The number of unbranched alkanes of at least 4 members (excludes halogenated alkanes) is 2. The van der Waals surface area contributed by atoms with E-state index in [4.69, 9.17) is 0 Å². The van der Waals surface area contributed by atoms with Crippen LogP contribution in [0.5, 0.6) is 0 Å². The minimum atomic E-state index is 0.882. The molecule has 0 aromatic heterocycles. The lowest BCUT2D eigenvalue weighted by Gasteiger charge is -2.12. The van der Waals surface area contributed by atoms with Gasteiger partial charge in [0.2, 0.25) is 0 Å². The number of hydrogen-bond acceptors (Lipinski definition) is 2. The molecule has 2 heteroatoms. The Bertz CT molecular complexity index is 390. The lowest BCUT2D eigenvalue weighted by molar-refractivity contribution is -0.105. The number of carbonyl (C=O) groups is 1. The molecule has 0 aliphatic rings. The molecule has 0 saturated carbocycles. The molecule has 0 saturated heterocycles. The molecular formula is C16H23NO. The second-order valence-corrected chi connectivity index (χ2v) is 4.78. The van der Waals surface area contributed by atoms with Crippen LogP contribution in [0.3, 0.4) is 0 Å². The first kappa shape index (κ1) is 14.5. The average Bonchev–Trinajstić information content (AvgIpc) is 2.38. The van der Waals surface area contributed by atoms with E-state index in [1.807, 2.05) is 20.2 Å². The van der Waals surface area contributed by atoms with Gasteiger partial charge in [0.25, 0.3) is 0 Å². The van der Waals surface area contributed by atoms with Gasteiger partial charge in [0.15, 0.2) is 0 Å². The molecule has 0 atom stereocenters. The van der Waals surface area contributed by atoms with Crippen LogP contribution in [0.1, 0.15) is 38.2 Å². The zero-order valence-corrected chi connectivity index (χ0v) is 11.6. The highest BCUT2D eigenvalue weighted by atomic mass is 16.1. The highest BCUT2D eigenvalue weighted by Crippen LogP contribution is 2.16. The van der Waals surface area contributed by atoms with E-state index in [1.54, 1.807) is 0 Å². The van der Waals surface area contributed by atoms with E-state index in [-0.39, 0.29) is 0 Å². The maximum atomic E-state index is 11.0. The number of allylic oxidation sites excluding steroid dienone is 1. The van der Waals surface area contributed by atoms with Gasteiger partial charge in [0.1, 0.15) is 6.29 Å². The first-order chi connectivity index (χ1) is 8.67. The second kappa shape index (κ2) is 7.70. The molecule has 0 heterocycles. The highest BCUT2D eigenvalue weighted by molar-refractivity contribution is 5.81. The maximum absolute atomic E-state index is 11.0. The smallest absolute Gasteiger partial charge is 0.146 e. The van der Waals surface area contributed by atoms with Gasteiger partial charge in [-0.3, -0.25) is 4.79 Å². The highest BCUT2D eigenvalue weighted by Gasteiger charge is 1.98. The van der Waals surface area contributed by atoms with E-state index in [2.05, 4.69) is 36.1 Å². The number of hydrogen-bond donors (Lipinski definition) is 0. The van der Waals surface area contributed by atoms with Gasteiger partial charge in [-0.15, -0.1) is 0 Å². The van der Waals surface area contributed by atoms with Gasteiger partial charge in [-0.1, -0.05) is 31.9 Å². The van der Waals surface area contributed by atoms with Crippen LogP contribution in [0.2, 0.25) is 0 Å². The van der Waals surface area contributed by atoms with Gasteiger partial charge >= 0.3 is 0 Å². The fraction of sp³-hybridized carbons (Fsp3) is 0.438. The third kappa shape index (κ3) is 4.74. The van der Waals surface area contributed by atoms with Crippen molar-refractivity contribution >= 4 is 18.0 Å². The monoisotopic (exact) mass is 245 g/mol. The summed E-state index contributed by atoms with van der Waals surface area (Å²) in [6.45, 7) is 2.17. The van der Waals surface area contributed by atoms with E-state index < -0.39 is 0 Å². The van der Waals surface area contributed by atoms with Crippen LogP contribution in [0.4, 0.5) is 5.69 Å². The maximum Gasteiger partial charge on any atom is 0.146 e. The van der Waals surface area contributed by atoms with E-state index in [0.717, 1.165) is 30.3 Å². The molecule has 0 N–H and O–H groups in total. The number of rotatable bonds is 7. The average molecular weight is 245 g/mol. The van der Waals surface area contributed by atoms with Crippen molar-refractivity contribution in [2.24, 2.45) is 0 Å². The van der Waals surface area contributed by atoms with Gasteiger partial charge in [0.05, 0.1) is 0 Å². The fourth-order valence-electron chi connectivity index (χ4n) is 1.83. The molecule has 1 rings (SSSR count). The number of nitrogens with zero attached hydrogens (tertiary/aromatic N) is 1. The summed E-state index contributed by atoms with van der Waals surface area (Å²) in [5.41, 5.74) is 3.16. The van der Waals surface area contributed by atoms with Crippen molar-refractivity contribution in [3.63, 3.8) is 0 Å². The summed E-state index contributed by atoms with van der Waals surface area (Å²) in [6, 6.07) is 8.25. The molecule has 1 aromatic rings. The van der Waals surface area contributed by atoms with Gasteiger partial charge < -0.3 is 4.90 Å². The zero-order valence-electron chi connectivity index (χ0n) is 11.6. The predicted octanol–water partition coefficient (Wildman–Crippen LogP) is 3.92. The normalized spacial score (nSPS) is 11.4. The molecule has 0 fully saturated rings. The molecule has 1 aromatic carbocycles. The van der Waals surface area contributed by atoms with Crippen LogP contribution >= 0.6 is 0 Å². The minimum absolute atomic E-state index is 0.882. The molecule has 98 valence electrons. The second-order valence-electron chi connectivity index (χ2n) is 4.78. The summed E-state index contributed by atoms with van der Waals surface area (Å²) in [7, 11) is 4.04. The van der Waals surface area contributed by atoms with E-state index in [0.29, 0.717) is 0 Å². The Kier molecular flexibility index (Phi) is 6.20. The quantitative estimate of drug-likeness (QED) is 0.412. The molecule has 0 aliphatic heterocycles. The van der Waals surface area contributed by atoms with Crippen LogP contribution in [0, 0.1) is 0 Å². The molecule has 0 amide bonds. The lowest BCUT2D eigenvalue weighted by Crippen LogP contribution is -2.07. The molecule has 0 aliphatic carbocycles. The van der Waals surface area contributed by atoms with Crippen LogP contribution in [-0.4, -0.2) is 20.4 Å². The Balaban J connectivity index is 2.69. The van der Waals surface area contributed by atoms with Gasteiger partial charge in [0, 0.05) is 19.8 Å². The molecule has 0 bridgehead atoms. The van der Waals surface area contributed by atoms with E-state index in [9.17, 15) is 4.79 Å². The van der Waals surface area contributed by atoms with Crippen molar-refractivity contribution in [2.75, 3.05) is 19.0 Å². The molecule has 0 radical (unpaired) electrons. The van der Waals surface area contributed by atoms with Crippen molar-refractivity contribution in [3.05, 3.63) is 35.4 Å². The third-order valence-corrected chi connectivity index (χ3v) is 2.98. The van der Waals surface area contributed by atoms with E-state index >= 15 is 0 Å². The topological polar surface area (TPSA) is 20.3 Å². The summed E-state index contributed by atoms with van der Waals surface area (Å²) in [6.07, 6.45) is 7.32. The Morgan fingerprint density at radius 3 is 2.33 bits per heavy atom. The minimum Gasteiger partial charge on any atom is -0.378 e. The van der Waals surface area contributed by atoms with Crippen molar-refractivity contribution in [2.45, 2.75) is 32.6 Å². The van der Waals surface area contributed by atoms with E-state index in [1.165, 1.54) is 18.5 Å². The number of carbonyl (C=O) groups excluding carboxylic acids is 1. The standard InChI is InChI=1S/C16H23NO/c1-4-5-6-7-15(13-18)12-14-8-10-16(11-9-14)17(2)3/h8-13H,4-7H2,1-3H3/b15-12+. The van der Waals surface area contributed by atoms with Gasteiger partial charge in [-0.05, 0) is 42.2 Å². The summed E-state index contributed by atoms with van der Waals surface area (Å²) in [5, 5.41) is 0. The van der Waals surface area contributed by atoms with Gasteiger partial charge in [-0.2, -0.15) is 0 Å². The summed E-state index contributed by atoms with van der Waals surface area (Å²) in [4.78, 5) is 13.1. The SMILES string of the molecule is CCCCC/C(C=O)=C\c1ccc(N(C)C)cc1. The van der Waals surface area contributed by atoms with Crippen LogP contribution in [0.15, 0.2) is 29.8 Å². The van der Waals surface area contributed by atoms with Crippen LogP contribution in [-0.2, 0) is 4.79 Å². The fourth-order valence-corrected chi connectivity index (χ4v) is 1.83. The number of benzene rings is 1. The number of aldehydes is 1. The molecular weight excluding hydrogens is 222 g/mol.